The average molecular weight is 353 g/mol. The van der Waals surface area contributed by atoms with Crippen LogP contribution in [0.1, 0.15) is 28.3 Å². The molecule has 1 atom stereocenters. The van der Waals surface area contributed by atoms with Crippen molar-refractivity contribution < 1.29 is 0 Å². The van der Waals surface area contributed by atoms with Crippen LogP contribution in [-0.4, -0.2) is 7.05 Å². The largest absolute Gasteiger partial charge is 0.313 e. The number of benzene rings is 2. The van der Waals surface area contributed by atoms with Gasteiger partial charge in [0.25, 0.3) is 0 Å². The second kappa shape index (κ2) is 6.75. The minimum Gasteiger partial charge on any atom is -0.313 e. The lowest BCUT2D eigenvalue weighted by Crippen LogP contribution is -2.19. The van der Waals surface area contributed by atoms with Crippen LogP contribution in [0.25, 0.3) is 0 Å². The summed E-state index contributed by atoms with van der Waals surface area (Å²) >= 11 is 9.99. The van der Waals surface area contributed by atoms with E-state index in [2.05, 4.69) is 65.4 Å². The van der Waals surface area contributed by atoms with Crippen LogP contribution in [-0.2, 0) is 6.42 Å². The van der Waals surface area contributed by atoms with E-state index in [1.807, 2.05) is 13.1 Å². The number of halogens is 2. The summed E-state index contributed by atoms with van der Waals surface area (Å²) < 4.78 is 1.13. The Bertz CT molecular complexity index is 610. The van der Waals surface area contributed by atoms with Gasteiger partial charge in [0, 0.05) is 15.5 Å². The highest BCUT2D eigenvalue weighted by Gasteiger charge is 2.15. The summed E-state index contributed by atoms with van der Waals surface area (Å²) in [6, 6.07) is 12.9. The van der Waals surface area contributed by atoms with Crippen LogP contribution in [0.3, 0.4) is 0 Å². The molecule has 0 aliphatic carbocycles. The van der Waals surface area contributed by atoms with Gasteiger partial charge >= 0.3 is 0 Å². The van der Waals surface area contributed by atoms with E-state index in [9.17, 15) is 0 Å². The van der Waals surface area contributed by atoms with Gasteiger partial charge in [-0.05, 0) is 56.1 Å². The first kappa shape index (κ1) is 15.6. The molecule has 0 amide bonds. The second-order valence-electron chi connectivity index (χ2n) is 5.17. The molecule has 1 unspecified atom stereocenters. The van der Waals surface area contributed by atoms with Gasteiger partial charge in [0.05, 0.1) is 0 Å². The average Bonchev–Trinajstić information content (AvgIpc) is 2.41. The van der Waals surface area contributed by atoms with Crippen molar-refractivity contribution in [2.75, 3.05) is 7.05 Å². The van der Waals surface area contributed by atoms with Crippen molar-refractivity contribution in [3.63, 3.8) is 0 Å². The van der Waals surface area contributed by atoms with Crippen molar-refractivity contribution in [1.29, 1.82) is 0 Å². The highest BCUT2D eigenvalue weighted by atomic mass is 79.9. The van der Waals surface area contributed by atoms with Gasteiger partial charge in [-0.1, -0.05) is 57.4 Å². The van der Waals surface area contributed by atoms with Crippen molar-refractivity contribution in [3.05, 3.63) is 68.1 Å². The number of hydrogen-bond acceptors (Lipinski definition) is 1. The van der Waals surface area contributed by atoms with Crippen molar-refractivity contribution >= 4 is 27.5 Å². The van der Waals surface area contributed by atoms with E-state index >= 15 is 0 Å². The lowest BCUT2D eigenvalue weighted by atomic mass is 9.97. The van der Waals surface area contributed by atoms with E-state index in [0.29, 0.717) is 0 Å². The van der Waals surface area contributed by atoms with Crippen molar-refractivity contribution in [1.82, 2.24) is 5.32 Å². The molecule has 0 saturated carbocycles. The molecule has 0 spiro atoms. The summed E-state index contributed by atoms with van der Waals surface area (Å²) in [6.45, 7) is 4.17. The summed E-state index contributed by atoms with van der Waals surface area (Å²) in [5.41, 5.74) is 4.89. The first-order valence-corrected chi connectivity index (χ1v) is 7.86. The van der Waals surface area contributed by atoms with Crippen LogP contribution in [0, 0.1) is 13.8 Å². The molecule has 0 radical (unpaired) electrons. The van der Waals surface area contributed by atoms with Crippen LogP contribution in [0.4, 0.5) is 0 Å². The highest BCUT2D eigenvalue weighted by molar-refractivity contribution is 9.10. The number of aryl methyl sites for hydroxylation is 2. The summed E-state index contributed by atoms with van der Waals surface area (Å²) in [5, 5.41) is 4.23. The summed E-state index contributed by atoms with van der Waals surface area (Å²) in [6.07, 6.45) is 0.873. The summed E-state index contributed by atoms with van der Waals surface area (Å²) in [7, 11) is 1.99. The van der Waals surface area contributed by atoms with Crippen LogP contribution in [0.15, 0.2) is 40.9 Å². The zero-order valence-corrected chi connectivity index (χ0v) is 14.3. The van der Waals surface area contributed by atoms with E-state index in [-0.39, 0.29) is 6.04 Å². The van der Waals surface area contributed by atoms with Gasteiger partial charge in [-0.2, -0.15) is 0 Å². The van der Waals surface area contributed by atoms with Gasteiger partial charge in [0.1, 0.15) is 0 Å². The van der Waals surface area contributed by atoms with Crippen molar-refractivity contribution in [2.24, 2.45) is 0 Å². The van der Waals surface area contributed by atoms with Crippen molar-refractivity contribution in [2.45, 2.75) is 26.3 Å². The molecule has 20 heavy (non-hydrogen) atoms. The van der Waals surface area contributed by atoms with E-state index in [0.717, 1.165) is 15.9 Å². The molecule has 0 fully saturated rings. The Morgan fingerprint density at radius 2 is 1.75 bits per heavy atom. The van der Waals surface area contributed by atoms with E-state index in [4.69, 9.17) is 11.6 Å². The fourth-order valence-corrected chi connectivity index (χ4v) is 3.17. The number of likely N-dealkylation sites (N-methyl/N-ethyl adjacent to an activating group) is 1. The maximum atomic E-state index is 6.35. The monoisotopic (exact) mass is 351 g/mol. The maximum absolute atomic E-state index is 6.35. The number of hydrogen-bond donors (Lipinski definition) is 1. The third-order valence-electron chi connectivity index (χ3n) is 3.51. The molecular formula is C17H19BrClN. The first-order chi connectivity index (χ1) is 9.51. The molecule has 1 N–H and O–H groups in total. The number of nitrogens with one attached hydrogen (secondary N) is 1. The predicted octanol–water partition coefficient (Wildman–Crippen LogP) is 5.22. The Morgan fingerprint density at radius 1 is 1.10 bits per heavy atom. The third kappa shape index (κ3) is 3.63. The Balaban J connectivity index is 2.31. The molecule has 0 bridgehead atoms. The fraction of sp³-hybridized carbons (Fsp3) is 0.294. The summed E-state index contributed by atoms with van der Waals surface area (Å²) in [5.74, 6) is 0. The quantitative estimate of drug-likeness (QED) is 0.795. The normalized spacial score (nSPS) is 12.4. The smallest absolute Gasteiger partial charge is 0.0441 e. The van der Waals surface area contributed by atoms with E-state index in [1.165, 1.54) is 22.3 Å². The lowest BCUT2D eigenvalue weighted by molar-refractivity contribution is 0.589. The molecule has 0 aromatic heterocycles. The second-order valence-corrected chi connectivity index (χ2v) is 6.43. The zero-order valence-electron chi connectivity index (χ0n) is 12.0. The van der Waals surface area contributed by atoms with Crippen LogP contribution < -0.4 is 5.32 Å². The molecule has 2 aromatic rings. The highest BCUT2D eigenvalue weighted by Crippen LogP contribution is 2.29. The molecule has 106 valence electrons. The molecule has 0 aliphatic rings. The van der Waals surface area contributed by atoms with Gasteiger partial charge < -0.3 is 5.32 Å². The third-order valence-corrected chi connectivity index (χ3v) is 4.58. The number of rotatable bonds is 4. The van der Waals surface area contributed by atoms with Gasteiger partial charge in [0.2, 0.25) is 0 Å². The molecule has 0 saturated heterocycles. The van der Waals surface area contributed by atoms with Gasteiger partial charge in [0.15, 0.2) is 0 Å². The molecule has 2 aromatic carbocycles. The molecule has 1 nitrogen and oxygen atoms in total. The summed E-state index contributed by atoms with van der Waals surface area (Å²) in [4.78, 5) is 0. The minimum atomic E-state index is 0.240. The van der Waals surface area contributed by atoms with Crippen LogP contribution in [0.5, 0.6) is 0 Å². The molecular weight excluding hydrogens is 334 g/mol. The zero-order chi connectivity index (χ0) is 14.7. The molecule has 0 aliphatic heterocycles. The Kier molecular flexibility index (Phi) is 5.25. The molecule has 2 rings (SSSR count). The SMILES string of the molecule is CNC(Cc1ccc(C)cc1Cl)c1cc(C)ccc1Br. The maximum Gasteiger partial charge on any atom is 0.0441 e. The van der Waals surface area contributed by atoms with Crippen LogP contribution in [0.2, 0.25) is 5.02 Å². The fourth-order valence-electron chi connectivity index (χ4n) is 2.34. The molecule has 0 heterocycles. The van der Waals surface area contributed by atoms with E-state index < -0.39 is 0 Å². The van der Waals surface area contributed by atoms with Crippen LogP contribution >= 0.6 is 27.5 Å². The van der Waals surface area contributed by atoms with E-state index in [1.54, 1.807) is 0 Å². The minimum absolute atomic E-state index is 0.240. The predicted molar refractivity (Wildman–Crippen MR) is 90.6 cm³/mol. The molecule has 3 heteroatoms. The van der Waals surface area contributed by atoms with Gasteiger partial charge in [-0.3, -0.25) is 0 Å². The first-order valence-electron chi connectivity index (χ1n) is 6.69. The van der Waals surface area contributed by atoms with Crippen molar-refractivity contribution in [3.8, 4) is 0 Å². The van der Waals surface area contributed by atoms with Gasteiger partial charge in [-0.15, -0.1) is 0 Å². The lowest BCUT2D eigenvalue weighted by Gasteiger charge is -2.20. The Labute approximate surface area is 134 Å². The topological polar surface area (TPSA) is 12.0 Å². The van der Waals surface area contributed by atoms with Gasteiger partial charge in [-0.25, -0.2) is 0 Å². The Morgan fingerprint density at radius 3 is 2.40 bits per heavy atom. The standard InChI is InChI=1S/C17H19BrClN/c1-11-5-7-15(18)14(8-11)17(20-3)10-13-6-4-12(2)9-16(13)19/h4-9,17,20H,10H2,1-3H3. The Hall–Kier alpha value is -0.830.